The van der Waals surface area contributed by atoms with Gasteiger partial charge in [-0.25, -0.2) is 4.68 Å². The third-order valence-corrected chi connectivity index (χ3v) is 4.51. The van der Waals surface area contributed by atoms with Crippen LogP contribution in [0.2, 0.25) is 5.02 Å². The van der Waals surface area contributed by atoms with Crippen molar-refractivity contribution in [2.24, 2.45) is 0 Å². The van der Waals surface area contributed by atoms with E-state index in [1.54, 1.807) is 16.8 Å². The Kier molecular flexibility index (Phi) is 7.08. The summed E-state index contributed by atoms with van der Waals surface area (Å²) in [5, 5.41) is 15.3. The van der Waals surface area contributed by atoms with E-state index < -0.39 is 0 Å². The van der Waals surface area contributed by atoms with E-state index in [1.807, 2.05) is 25.1 Å². The van der Waals surface area contributed by atoms with Crippen LogP contribution in [-0.4, -0.2) is 26.8 Å². The van der Waals surface area contributed by atoms with Gasteiger partial charge in [-0.3, -0.25) is 0 Å². The molecule has 0 spiro atoms. The highest BCUT2D eigenvalue weighted by Gasteiger charge is 2.13. The molecule has 1 N–H and O–H groups in total. The predicted octanol–water partition coefficient (Wildman–Crippen LogP) is 4.41. The van der Waals surface area contributed by atoms with Crippen molar-refractivity contribution in [2.75, 3.05) is 11.9 Å². The van der Waals surface area contributed by atoms with Crippen molar-refractivity contribution in [2.45, 2.75) is 33.5 Å². The SMILES string of the molecule is C=CCn1nnnc1NCc1cc(OCC)c(OCc2cccc(C)c2)cc1Cl. The van der Waals surface area contributed by atoms with Crippen LogP contribution in [0.25, 0.3) is 0 Å². The molecule has 7 nitrogen and oxygen atoms in total. The zero-order valence-corrected chi connectivity index (χ0v) is 17.3. The number of halogens is 1. The Balaban J connectivity index is 1.74. The number of nitrogens with zero attached hydrogens (tertiary/aromatic N) is 4. The van der Waals surface area contributed by atoms with E-state index in [9.17, 15) is 0 Å². The van der Waals surface area contributed by atoms with Crippen molar-refractivity contribution in [3.63, 3.8) is 0 Å². The lowest BCUT2D eigenvalue weighted by Crippen LogP contribution is -2.09. The minimum atomic E-state index is 0.437. The van der Waals surface area contributed by atoms with Crippen LogP contribution >= 0.6 is 11.6 Å². The molecule has 0 aliphatic carbocycles. The first kappa shape index (κ1) is 20.7. The maximum atomic E-state index is 6.50. The van der Waals surface area contributed by atoms with Crippen molar-refractivity contribution >= 4 is 17.5 Å². The number of anilines is 1. The molecule has 0 aliphatic rings. The number of allylic oxidation sites excluding steroid dienone is 1. The zero-order chi connectivity index (χ0) is 20.6. The molecule has 0 amide bonds. The van der Waals surface area contributed by atoms with E-state index in [2.05, 4.69) is 46.5 Å². The summed E-state index contributed by atoms with van der Waals surface area (Å²) in [6, 6.07) is 11.9. The van der Waals surface area contributed by atoms with Crippen molar-refractivity contribution in [1.82, 2.24) is 20.2 Å². The Morgan fingerprint density at radius 1 is 1.21 bits per heavy atom. The minimum absolute atomic E-state index is 0.437. The third-order valence-electron chi connectivity index (χ3n) is 4.16. The van der Waals surface area contributed by atoms with Gasteiger partial charge in [-0.15, -0.1) is 6.58 Å². The Morgan fingerprint density at radius 3 is 2.79 bits per heavy atom. The standard InChI is InChI=1S/C21H24ClN5O2/c1-4-9-27-21(24-25-26-27)23-13-17-11-19(28-5-2)20(12-18(17)22)29-14-16-8-6-7-15(3)10-16/h4,6-8,10-12H,1,5,9,13-14H2,2-3H3,(H,23,24,26). The molecular formula is C21H24ClN5O2. The van der Waals surface area contributed by atoms with E-state index >= 15 is 0 Å². The molecule has 3 rings (SSSR count). The van der Waals surface area contributed by atoms with E-state index in [1.165, 1.54) is 5.56 Å². The molecular weight excluding hydrogens is 390 g/mol. The summed E-state index contributed by atoms with van der Waals surface area (Å²) in [5.74, 6) is 1.80. The lowest BCUT2D eigenvalue weighted by atomic mass is 10.1. The van der Waals surface area contributed by atoms with Crippen molar-refractivity contribution in [3.8, 4) is 11.5 Å². The smallest absolute Gasteiger partial charge is 0.243 e. The fraction of sp³-hybridized carbons (Fsp3) is 0.286. The molecule has 1 aromatic heterocycles. The van der Waals surface area contributed by atoms with E-state index in [0.29, 0.717) is 48.8 Å². The van der Waals surface area contributed by atoms with Crippen LogP contribution in [-0.2, 0) is 19.7 Å². The summed E-state index contributed by atoms with van der Waals surface area (Å²) in [4.78, 5) is 0. The van der Waals surface area contributed by atoms with E-state index in [-0.39, 0.29) is 0 Å². The molecule has 2 aromatic carbocycles. The molecule has 0 radical (unpaired) electrons. The molecule has 3 aromatic rings. The number of nitrogens with one attached hydrogen (secondary N) is 1. The van der Waals surface area contributed by atoms with Gasteiger partial charge < -0.3 is 14.8 Å². The zero-order valence-electron chi connectivity index (χ0n) is 16.6. The maximum absolute atomic E-state index is 6.50. The normalized spacial score (nSPS) is 10.6. The molecule has 0 atom stereocenters. The van der Waals surface area contributed by atoms with Crippen molar-refractivity contribution in [3.05, 3.63) is 70.8 Å². The average Bonchev–Trinajstić information content (AvgIpc) is 3.14. The van der Waals surface area contributed by atoms with Crippen LogP contribution in [0.4, 0.5) is 5.95 Å². The number of aromatic nitrogens is 4. The lowest BCUT2D eigenvalue weighted by molar-refractivity contribution is 0.269. The van der Waals surface area contributed by atoms with Gasteiger partial charge in [0, 0.05) is 17.6 Å². The van der Waals surface area contributed by atoms with Gasteiger partial charge in [0.25, 0.3) is 0 Å². The average molecular weight is 414 g/mol. The summed E-state index contributed by atoms with van der Waals surface area (Å²) in [6.45, 7) is 9.59. The van der Waals surface area contributed by atoms with Gasteiger partial charge in [0.05, 0.1) is 13.2 Å². The Bertz CT molecular complexity index is 973. The Labute approximate surface area is 175 Å². The molecule has 1 heterocycles. The van der Waals surface area contributed by atoms with Crippen LogP contribution in [0.5, 0.6) is 11.5 Å². The first-order valence-corrected chi connectivity index (χ1v) is 9.73. The summed E-state index contributed by atoms with van der Waals surface area (Å²) >= 11 is 6.50. The maximum Gasteiger partial charge on any atom is 0.243 e. The first-order valence-electron chi connectivity index (χ1n) is 9.35. The molecule has 0 saturated carbocycles. The monoisotopic (exact) mass is 413 g/mol. The number of tetrazole rings is 1. The van der Waals surface area contributed by atoms with Gasteiger partial charge in [0.15, 0.2) is 11.5 Å². The number of rotatable bonds is 10. The van der Waals surface area contributed by atoms with Crippen LogP contribution in [0.15, 0.2) is 49.1 Å². The largest absolute Gasteiger partial charge is 0.490 e. The fourth-order valence-electron chi connectivity index (χ4n) is 2.81. The highest BCUT2D eigenvalue weighted by Crippen LogP contribution is 2.34. The third kappa shape index (κ3) is 5.48. The molecule has 0 fully saturated rings. The van der Waals surface area contributed by atoms with Gasteiger partial charge in [0.2, 0.25) is 5.95 Å². The van der Waals surface area contributed by atoms with Crippen LogP contribution in [0, 0.1) is 6.92 Å². The highest BCUT2D eigenvalue weighted by molar-refractivity contribution is 6.31. The summed E-state index contributed by atoms with van der Waals surface area (Å²) in [5.41, 5.74) is 3.13. The van der Waals surface area contributed by atoms with E-state index in [4.69, 9.17) is 21.1 Å². The Hall–Kier alpha value is -3.06. The molecule has 0 saturated heterocycles. The molecule has 152 valence electrons. The quantitative estimate of drug-likeness (QED) is 0.496. The number of aryl methyl sites for hydroxylation is 1. The van der Waals surface area contributed by atoms with Gasteiger partial charge >= 0.3 is 0 Å². The number of benzene rings is 2. The van der Waals surface area contributed by atoms with Crippen LogP contribution < -0.4 is 14.8 Å². The fourth-order valence-corrected chi connectivity index (χ4v) is 3.03. The number of ether oxygens (including phenoxy) is 2. The minimum Gasteiger partial charge on any atom is -0.490 e. The number of hydrogen-bond acceptors (Lipinski definition) is 6. The predicted molar refractivity (Wildman–Crippen MR) is 113 cm³/mol. The van der Waals surface area contributed by atoms with Crippen LogP contribution in [0.1, 0.15) is 23.6 Å². The summed E-state index contributed by atoms with van der Waals surface area (Å²) in [7, 11) is 0. The molecule has 0 bridgehead atoms. The molecule has 8 heteroatoms. The summed E-state index contributed by atoms with van der Waals surface area (Å²) < 4.78 is 13.4. The highest BCUT2D eigenvalue weighted by atomic mass is 35.5. The topological polar surface area (TPSA) is 74.1 Å². The second kappa shape index (κ2) is 9.93. The molecule has 0 aliphatic heterocycles. The Morgan fingerprint density at radius 2 is 2.03 bits per heavy atom. The number of hydrogen-bond donors (Lipinski definition) is 1. The van der Waals surface area contributed by atoms with Crippen LogP contribution in [0.3, 0.4) is 0 Å². The lowest BCUT2D eigenvalue weighted by Gasteiger charge is -2.15. The van der Waals surface area contributed by atoms with Crippen molar-refractivity contribution < 1.29 is 9.47 Å². The second-order valence-corrected chi connectivity index (χ2v) is 6.84. The molecule has 0 unspecified atom stereocenters. The second-order valence-electron chi connectivity index (χ2n) is 6.43. The van der Waals surface area contributed by atoms with Gasteiger partial charge in [-0.2, -0.15) is 0 Å². The van der Waals surface area contributed by atoms with E-state index in [0.717, 1.165) is 11.1 Å². The van der Waals surface area contributed by atoms with Gasteiger partial charge in [-0.1, -0.05) is 52.6 Å². The van der Waals surface area contributed by atoms with Crippen molar-refractivity contribution in [1.29, 1.82) is 0 Å². The van der Waals surface area contributed by atoms with Gasteiger partial charge in [-0.05, 0) is 41.5 Å². The molecule has 29 heavy (non-hydrogen) atoms. The van der Waals surface area contributed by atoms with Gasteiger partial charge in [0.1, 0.15) is 6.61 Å². The summed E-state index contributed by atoms with van der Waals surface area (Å²) in [6.07, 6.45) is 1.72. The first-order chi connectivity index (χ1) is 14.1.